The molecule has 0 radical (unpaired) electrons. The van der Waals surface area contributed by atoms with Gasteiger partial charge in [-0.3, -0.25) is 19.5 Å². The minimum absolute atomic E-state index is 0.145. The Bertz CT molecular complexity index is 972. The number of carbonyl (C=O) groups excluding carboxylic acids is 2. The summed E-state index contributed by atoms with van der Waals surface area (Å²) in [5.41, 5.74) is 2.35. The summed E-state index contributed by atoms with van der Waals surface area (Å²) in [6, 6.07) is 18.9. The highest BCUT2D eigenvalue weighted by molar-refractivity contribution is 9.10. The second kappa shape index (κ2) is 6.41. The van der Waals surface area contributed by atoms with Crippen LogP contribution in [0.1, 0.15) is 12.1 Å². The second-order valence-electron chi connectivity index (χ2n) is 6.15. The zero-order valence-corrected chi connectivity index (χ0v) is 14.9. The molecular formula is C20H15BrN2O2. The summed E-state index contributed by atoms with van der Waals surface area (Å²) in [7, 11) is 0. The average Bonchev–Trinajstić information content (AvgIpc) is 2.89. The number of nitrogens with zero attached hydrogens (tertiary/aromatic N) is 2. The minimum Gasteiger partial charge on any atom is -0.274 e. The Morgan fingerprint density at radius 1 is 1.04 bits per heavy atom. The predicted molar refractivity (Wildman–Crippen MR) is 100 cm³/mol. The number of carbonyl (C=O) groups is 2. The van der Waals surface area contributed by atoms with E-state index in [1.807, 2.05) is 48.5 Å². The van der Waals surface area contributed by atoms with Gasteiger partial charge in [0.1, 0.15) is 0 Å². The van der Waals surface area contributed by atoms with E-state index in [0.717, 1.165) is 21.1 Å². The lowest BCUT2D eigenvalue weighted by Gasteiger charge is -2.14. The van der Waals surface area contributed by atoms with E-state index in [4.69, 9.17) is 0 Å². The van der Waals surface area contributed by atoms with E-state index < -0.39 is 0 Å². The maximum Gasteiger partial charge on any atom is 0.237 e. The molecule has 4 nitrogen and oxygen atoms in total. The molecule has 1 fully saturated rings. The van der Waals surface area contributed by atoms with Crippen molar-refractivity contribution in [2.24, 2.45) is 5.92 Å². The van der Waals surface area contributed by atoms with Crippen LogP contribution in [0.4, 0.5) is 5.69 Å². The molecule has 1 aromatic heterocycles. The zero-order chi connectivity index (χ0) is 17.4. The average molecular weight is 395 g/mol. The van der Waals surface area contributed by atoms with Gasteiger partial charge in [-0.05, 0) is 36.4 Å². The van der Waals surface area contributed by atoms with Crippen molar-refractivity contribution in [2.45, 2.75) is 12.8 Å². The number of amides is 2. The van der Waals surface area contributed by atoms with Crippen molar-refractivity contribution in [2.75, 3.05) is 4.90 Å². The van der Waals surface area contributed by atoms with E-state index in [9.17, 15) is 9.59 Å². The normalized spacial score (nSPS) is 17.5. The van der Waals surface area contributed by atoms with Gasteiger partial charge in [0.05, 0.1) is 17.1 Å². The Morgan fingerprint density at radius 3 is 2.64 bits per heavy atom. The quantitative estimate of drug-likeness (QED) is 0.627. The molecule has 3 aromatic rings. The number of pyridine rings is 1. The van der Waals surface area contributed by atoms with Crippen molar-refractivity contribution in [1.82, 2.24) is 4.98 Å². The fourth-order valence-corrected chi connectivity index (χ4v) is 3.59. The highest BCUT2D eigenvalue weighted by Gasteiger charge is 2.39. The summed E-state index contributed by atoms with van der Waals surface area (Å²) in [6.07, 6.45) is 0.702. The number of para-hydroxylation sites is 1. The highest BCUT2D eigenvalue weighted by Crippen LogP contribution is 2.28. The third-order valence-corrected chi connectivity index (χ3v) is 4.91. The van der Waals surface area contributed by atoms with Crippen LogP contribution < -0.4 is 4.90 Å². The number of rotatable bonds is 3. The van der Waals surface area contributed by atoms with Gasteiger partial charge >= 0.3 is 0 Å². The van der Waals surface area contributed by atoms with Crippen LogP contribution in [0, 0.1) is 5.92 Å². The Kier molecular flexibility index (Phi) is 4.09. The molecule has 1 unspecified atom stereocenters. The summed E-state index contributed by atoms with van der Waals surface area (Å²) in [5, 5.41) is 1.04. The maximum atomic E-state index is 12.7. The number of fused-ring (bicyclic) bond motifs is 1. The van der Waals surface area contributed by atoms with Gasteiger partial charge in [-0.25, -0.2) is 0 Å². The largest absolute Gasteiger partial charge is 0.274 e. The number of anilines is 1. The van der Waals surface area contributed by atoms with Gasteiger partial charge in [0.15, 0.2) is 0 Å². The Balaban J connectivity index is 1.58. The minimum atomic E-state index is -0.354. The van der Waals surface area contributed by atoms with E-state index in [-0.39, 0.29) is 24.2 Å². The Morgan fingerprint density at radius 2 is 1.84 bits per heavy atom. The standard InChI is InChI=1S/C20H15BrN2O2/c21-15-7-9-18-13(10-15)6-8-16(22-18)11-14-12-19(24)23(20(14)25)17-4-2-1-3-5-17/h1-10,14H,11-12H2. The van der Waals surface area contributed by atoms with Gasteiger partial charge in [0.2, 0.25) is 11.8 Å². The fourth-order valence-electron chi connectivity index (χ4n) is 3.21. The van der Waals surface area contributed by atoms with E-state index in [1.165, 1.54) is 4.90 Å². The summed E-state index contributed by atoms with van der Waals surface area (Å²) >= 11 is 3.45. The lowest BCUT2D eigenvalue weighted by Crippen LogP contribution is -2.30. The molecule has 124 valence electrons. The summed E-state index contributed by atoms with van der Waals surface area (Å²) in [6.45, 7) is 0. The molecular weight excluding hydrogens is 380 g/mol. The third kappa shape index (κ3) is 3.07. The topological polar surface area (TPSA) is 50.3 Å². The molecule has 1 atom stereocenters. The van der Waals surface area contributed by atoms with E-state index >= 15 is 0 Å². The molecule has 2 aromatic carbocycles. The van der Waals surface area contributed by atoms with E-state index in [1.54, 1.807) is 12.1 Å². The van der Waals surface area contributed by atoms with Crippen LogP contribution in [0.2, 0.25) is 0 Å². The number of hydrogen-bond acceptors (Lipinski definition) is 3. The molecule has 0 spiro atoms. The van der Waals surface area contributed by atoms with Crippen molar-refractivity contribution in [1.29, 1.82) is 0 Å². The first-order chi connectivity index (χ1) is 12.1. The molecule has 1 aliphatic heterocycles. The van der Waals surface area contributed by atoms with Gasteiger partial charge in [0.25, 0.3) is 0 Å². The maximum absolute atomic E-state index is 12.7. The van der Waals surface area contributed by atoms with Crippen LogP contribution in [0.25, 0.3) is 10.9 Å². The first-order valence-corrected chi connectivity index (χ1v) is 8.88. The molecule has 0 N–H and O–H groups in total. The van der Waals surface area contributed by atoms with Crippen LogP contribution in [0.5, 0.6) is 0 Å². The molecule has 0 bridgehead atoms. The lowest BCUT2D eigenvalue weighted by molar-refractivity contribution is -0.122. The lowest BCUT2D eigenvalue weighted by atomic mass is 10.0. The van der Waals surface area contributed by atoms with Crippen molar-refractivity contribution >= 4 is 44.3 Å². The van der Waals surface area contributed by atoms with Crippen molar-refractivity contribution in [3.8, 4) is 0 Å². The number of imide groups is 1. The number of aromatic nitrogens is 1. The van der Waals surface area contributed by atoms with Gasteiger partial charge in [0, 0.05) is 28.4 Å². The van der Waals surface area contributed by atoms with Crippen molar-refractivity contribution < 1.29 is 9.59 Å². The molecule has 2 amide bonds. The molecule has 1 saturated heterocycles. The van der Waals surface area contributed by atoms with Crippen molar-refractivity contribution in [3.63, 3.8) is 0 Å². The summed E-state index contributed by atoms with van der Waals surface area (Å²) in [4.78, 5) is 30.9. The molecule has 0 saturated carbocycles. The predicted octanol–water partition coefficient (Wildman–Crippen LogP) is 4.12. The highest BCUT2D eigenvalue weighted by atomic mass is 79.9. The second-order valence-corrected chi connectivity index (χ2v) is 7.06. The molecule has 5 heteroatoms. The molecule has 2 heterocycles. The number of hydrogen-bond donors (Lipinski definition) is 0. The van der Waals surface area contributed by atoms with Crippen LogP contribution in [-0.4, -0.2) is 16.8 Å². The van der Waals surface area contributed by atoms with Gasteiger partial charge in [-0.1, -0.05) is 40.2 Å². The summed E-state index contributed by atoms with van der Waals surface area (Å²) < 4.78 is 1.00. The third-order valence-electron chi connectivity index (χ3n) is 4.42. The molecule has 25 heavy (non-hydrogen) atoms. The van der Waals surface area contributed by atoms with Crippen LogP contribution in [0.15, 0.2) is 65.1 Å². The first kappa shape index (κ1) is 16.0. The van der Waals surface area contributed by atoms with Crippen LogP contribution in [0.3, 0.4) is 0 Å². The first-order valence-electron chi connectivity index (χ1n) is 8.09. The monoisotopic (exact) mass is 394 g/mol. The van der Waals surface area contributed by atoms with Crippen LogP contribution >= 0.6 is 15.9 Å². The van der Waals surface area contributed by atoms with Crippen molar-refractivity contribution in [3.05, 3.63) is 70.8 Å². The molecule has 4 rings (SSSR count). The van der Waals surface area contributed by atoms with E-state index in [0.29, 0.717) is 12.1 Å². The number of halogens is 1. The molecule has 1 aliphatic rings. The number of benzene rings is 2. The zero-order valence-electron chi connectivity index (χ0n) is 13.4. The SMILES string of the molecule is O=C1CC(Cc2ccc3cc(Br)ccc3n2)C(=O)N1c1ccccc1. The van der Waals surface area contributed by atoms with Gasteiger partial charge in [-0.2, -0.15) is 0 Å². The summed E-state index contributed by atoms with van der Waals surface area (Å²) in [5.74, 6) is -0.645. The Hall–Kier alpha value is -2.53. The van der Waals surface area contributed by atoms with Crippen LogP contribution in [-0.2, 0) is 16.0 Å². The fraction of sp³-hybridized carbons (Fsp3) is 0.150. The van der Waals surface area contributed by atoms with E-state index in [2.05, 4.69) is 20.9 Å². The van der Waals surface area contributed by atoms with Gasteiger partial charge in [-0.15, -0.1) is 0 Å². The molecule has 0 aliphatic carbocycles. The Labute approximate surface area is 153 Å². The van der Waals surface area contributed by atoms with Gasteiger partial charge < -0.3 is 0 Å². The smallest absolute Gasteiger partial charge is 0.237 e.